The van der Waals surface area contributed by atoms with Gasteiger partial charge in [-0.2, -0.15) is 5.10 Å². The van der Waals surface area contributed by atoms with Crippen LogP contribution < -0.4 is 0 Å². The molecule has 0 unspecified atom stereocenters. The lowest BCUT2D eigenvalue weighted by atomic mass is 10.0. The lowest BCUT2D eigenvalue weighted by Crippen LogP contribution is -2.18. The van der Waals surface area contributed by atoms with Gasteiger partial charge in [-0.1, -0.05) is 0 Å². The van der Waals surface area contributed by atoms with E-state index in [2.05, 4.69) is 35.0 Å². The molecule has 0 bridgehead atoms. The lowest BCUT2D eigenvalue weighted by molar-refractivity contribution is 0.331. The van der Waals surface area contributed by atoms with E-state index in [1.54, 1.807) is 30.9 Å². The number of hydrogen-bond donors (Lipinski definition) is 2. The fourth-order valence-corrected chi connectivity index (χ4v) is 5.15. The molecule has 6 aromatic rings. The van der Waals surface area contributed by atoms with Crippen LogP contribution in [0, 0.1) is 5.82 Å². The van der Waals surface area contributed by atoms with Crippen LogP contribution in [-0.2, 0) is 6.54 Å². The number of hydrogen-bond acceptors (Lipinski definition) is 6. The molecule has 1 aliphatic heterocycles. The monoisotopic (exact) mass is 490 g/mol. The molecular weight excluding hydrogens is 467 g/mol. The fourth-order valence-electron chi connectivity index (χ4n) is 5.15. The van der Waals surface area contributed by atoms with E-state index in [1.165, 1.54) is 12.8 Å². The SMILES string of the molecule is Fc1c(-c2cncc(CN3CCCC3)c2)ccc2[nH]nc(-c3nc4c(-c5cccnc5)nccc4[nH]3)c12. The van der Waals surface area contributed by atoms with E-state index in [0.717, 1.165) is 41.8 Å². The summed E-state index contributed by atoms with van der Waals surface area (Å²) in [5, 5.41) is 7.78. The average Bonchev–Trinajstić information content (AvgIpc) is 3.69. The third kappa shape index (κ3) is 3.84. The molecule has 1 fully saturated rings. The van der Waals surface area contributed by atoms with Crippen molar-refractivity contribution < 1.29 is 4.39 Å². The van der Waals surface area contributed by atoms with Gasteiger partial charge in [0.15, 0.2) is 5.82 Å². The van der Waals surface area contributed by atoms with Gasteiger partial charge in [-0.15, -0.1) is 0 Å². The second-order valence-electron chi connectivity index (χ2n) is 9.37. The molecule has 8 nitrogen and oxygen atoms in total. The van der Waals surface area contributed by atoms with Gasteiger partial charge in [0.2, 0.25) is 0 Å². The highest BCUT2D eigenvalue weighted by atomic mass is 19.1. The summed E-state index contributed by atoms with van der Waals surface area (Å²) in [4.78, 5) is 23.6. The van der Waals surface area contributed by atoms with Crippen molar-refractivity contribution in [1.82, 2.24) is 40.0 Å². The Labute approximate surface area is 211 Å². The maximum Gasteiger partial charge on any atom is 0.159 e. The summed E-state index contributed by atoms with van der Waals surface area (Å²) in [6.45, 7) is 3.02. The highest BCUT2D eigenvalue weighted by Crippen LogP contribution is 2.35. The number of nitrogens with one attached hydrogen (secondary N) is 2. The molecule has 0 amide bonds. The minimum Gasteiger partial charge on any atom is -0.336 e. The normalized spacial score (nSPS) is 14.2. The number of imidazole rings is 1. The second kappa shape index (κ2) is 8.86. The number of rotatable bonds is 5. The first-order valence-corrected chi connectivity index (χ1v) is 12.3. The van der Waals surface area contributed by atoms with Crippen molar-refractivity contribution in [2.24, 2.45) is 0 Å². The van der Waals surface area contributed by atoms with Crippen molar-refractivity contribution in [3.05, 3.63) is 78.8 Å². The summed E-state index contributed by atoms with van der Waals surface area (Å²) in [5.41, 5.74) is 6.36. The third-order valence-electron chi connectivity index (χ3n) is 6.94. The number of aromatic amines is 2. The van der Waals surface area contributed by atoms with Crippen LogP contribution in [0.3, 0.4) is 0 Å². The predicted molar refractivity (Wildman–Crippen MR) is 140 cm³/mol. The van der Waals surface area contributed by atoms with Crippen LogP contribution in [0.15, 0.2) is 67.4 Å². The topological polar surface area (TPSA) is 99.3 Å². The fraction of sp³-hybridized carbons (Fsp3) is 0.179. The Hall–Kier alpha value is -4.50. The second-order valence-corrected chi connectivity index (χ2v) is 9.37. The quantitative estimate of drug-likeness (QED) is 0.338. The zero-order valence-corrected chi connectivity index (χ0v) is 19.9. The third-order valence-corrected chi connectivity index (χ3v) is 6.94. The molecule has 1 saturated heterocycles. The van der Waals surface area contributed by atoms with Gasteiger partial charge in [0.05, 0.1) is 22.1 Å². The van der Waals surface area contributed by atoms with Crippen LogP contribution in [0.25, 0.3) is 55.8 Å². The van der Waals surface area contributed by atoms with E-state index in [4.69, 9.17) is 4.98 Å². The largest absolute Gasteiger partial charge is 0.336 e. The summed E-state index contributed by atoms with van der Waals surface area (Å²) in [7, 11) is 0. The molecule has 182 valence electrons. The van der Waals surface area contributed by atoms with Gasteiger partial charge in [0, 0.05) is 54.2 Å². The average molecular weight is 491 g/mol. The molecule has 0 aliphatic carbocycles. The molecule has 0 spiro atoms. The predicted octanol–water partition coefficient (Wildman–Crippen LogP) is 5.36. The van der Waals surface area contributed by atoms with Gasteiger partial charge in [-0.25, -0.2) is 9.37 Å². The van der Waals surface area contributed by atoms with Crippen LogP contribution in [0.2, 0.25) is 0 Å². The summed E-state index contributed by atoms with van der Waals surface area (Å²) in [6.07, 6.45) is 11.2. The molecule has 0 atom stereocenters. The van der Waals surface area contributed by atoms with E-state index in [1.807, 2.05) is 36.5 Å². The Balaban J connectivity index is 1.32. The highest BCUT2D eigenvalue weighted by Gasteiger charge is 2.21. The van der Waals surface area contributed by atoms with Crippen molar-refractivity contribution in [3.8, 4) is 33.9 Å². The first kappa shape index (κ1) is 21.8. The number of nitrogens with zero attached hydrogens (tertiary/aromatic N) is 6. The minimum absolute atomic E-state index is 0.354. The van der Waals surface area contributed by atoms with Crippen LogP contribution >= 0.6 is 0 Å². The van der Waals surface area contributed by atoms with E-state index >= 15 is 4.39 Å². The number of pyridine rings is 3. The van der Waals surface area contributed by atoms with Crippen LogP contribution in [0.4, 0.5) is 4.39 Å². The summed E-state index contributed by atoms with van der Waals surface area (Å²) in [6, 6.07) is 11.3. The maximum absolute atomic E-state index is 16.1. The van der Waals surface area contributed by atoms with E-state index in [0.29, 0.717) is 39.2 Å². The van der Waals surface area contributed by atoms with Gasteiger partial charge in [0.25, 0.3) is 0 Å². The van der Waals surface area contributed by atoms with Crippen molar-refractivity contribution in [3.63, 3.8) is 0 Å². The Morgan fingerprint density at radius 2 is 1.78 bits per heavy atom. The van der Waals surface area contributed by atoms with E-state index in [9.17, 15) is 0 Å². The standard InChI is InChI=1S/C28H23FN8/c29-24-20(19-12-17(13-31-15-19)16-37-10-1-2-11-37)5-6-21-23(24)27(36-35-21)28-33-22-7-9-32-25(26(22)34-28)18-4-3-8-30-14-18/h3-9,12-15H,1-2,10-11,16H2,(H,33,34)(H,35,36). The lowest BCUT2D eigenvalue weighted by Gasteiger charge is -2.15. The smallest absolute Gasteiger partial charge is 0.159 e. The summed E-state index contributed by atoms with van der Waals surface area (Å²) in [5.74, 6) is 0.115. The summed E-state index contributed by atoms with van der Waals surface area (Å²) >= 11 is 0. The van der Waals surface area contributed by atoms with E-state index < -0.39 is 0 Å². The zero-order valence-electron chi connectivity index (χ0n) is 19.9. The molecule has 6 heterocycles. The van der Waals surface area contributed by atoms with Crippen LogP contribution in [0.5, 0.6) is 0 Å². The number of fused-ring (bicyclic) bond motifs is 2. The van der Waals surface area contributed by atoms with Crippen molar-refractivity contribution in [2.75, 3.05) is 13.1 Å². The molecule has 7 rings (SSSR count). The Bertz CT molecular complexity index is 1730. The molecular formula is C28H23FN8. The number of H-pyrrole nitrogens is 2. The number of halogens is 1. The van der Waals surface area contributed by atoms with Crippen molar-refractivity contribution >= 4 is 21.9 Å². The molecule has 1 aliphatic rings. The van der Waals surface area contributed by atoms with Gasteiger partial charge >= 0.3 is 0 Å². The van der Waals surface area contributed by atoms with E-state index in [-0.39, 0.29) is 5.82 Å². The van der Waals surface area contributed by atoms with Gasteiger partial charge < -0.3 is 4.98 Å². The molecule has 2 N–H and O–H groups in total. The Morgan fingerprint density at radius 3 is 2.65 bits per heavy atom. The highest BCUT2D eigenvalue weighted by molar-refractivity contribution is 5.98. The molecule has 0 saturated carbocycles. The molecule has 5 aromatic heterocycles. The summed E-state index contributed by atoms with van der Waals surface area (Å²) < 4.78 is 16.1. The van der Waals surface area contributed by atoms with Crippen LogP contribution in [0.1, 0.15) is 18.4 Å². The van der Waals surface area contributed by atoms with Gasteiger partial charge in [0.1, 0.15) is 17.0 Å². The number of likely N-dealkylation sites (tertiary alicyclic amines) is 1. The van der Waals surface area contributed by atoms with Gasteiger partial charge in [-0.3, -0.25) is 25.0 Å². The molecule has 37 heavy (non-hydrogen) atoms. The maximum atomic E-state index is 16.1. The van der Waals surface area contributed by atoms with Crippen LogP contribution in [-0.4, -0.2) is 53.1 Å². The molecule has 0 radical (unpaired) electrons. The molecule has 1 aromatic carbocycles. The van der Waals surface area contributed by atoms with Gasteiger partial charge in [-0.05, 0) is 67.9 Å². The number of aromatic nitrogens is 7. The van der Waals surface area contributed by atoms with Crippen molar-refractivity contribution in [2.45, 2.75) is 19.4 Å². The molecule has 9 heteroatoms. The Kier molecular flexibility index (Phi) is 5.21. The number of benzene rings is 1. The van der Waals surface area contributed by atoms with Crippen molar-refractivity contribution in [1.29, 1.82) is 0 Å². The Morgan fingerprint density at radius 1 is 0.892 bits per heavy atom. The zero-order chi connectivity index (χ0) is 24.8. The first-order chi connectivity index (χ1) is 18.2. The minimum atomic E-state index is -0.354. The first-order valence-electron chi connectivity index (χ1n) is 12.3.